The molecule has 0 amide bonds. The molecule has 0 heterocycles. The van der Waals surface area contributed by atoms with Crippen molar-refractivity contribution in [3.05, 3.63) is 34.4 Å². The van der Waals surface area contributed by atoms with Gasteiger partial charge >= 0.3 is 0 Å². The second-order valence-electron chi connectivity index (χ2n) is 5.26. The minimum absolute atomic E-state index is 0.378. The molecule has 0 aliphatic carbocycles. The van der Waals surface area contributed by atoms with Gasteiger partial charge in [-0.2, -0.15) is 0 Å². The number of hydrogen-bond acceptors (Lipinski definition) is 2. The highest BCUT2D eigenvalue weighted by Crippen LogP contribution is 2.23. The van der Waals surface area contributed by atoms with Gasteiger partial charge in [0.25, 0.3) is 0 Å². The lowest BCUT2D eigenvalue weighted by Gasteiger charge is -2.18. The van der Waals surface area contributed by atoms with E-state index in [2.05, 4.69) is 32.9 Å². The molecule has 2 heteroatoms. The first-order valence-corrected chi connectivity index (χ1v) is 6.25. The third-order valence-electron chi connectivity index (χ3n) is 2.80. The van der Waals surface area contributed by atoms with Gasteiger partial charge in [-0.1, -0.05) is 31.5 Å². The zero-order valence-corrected chi connectivity index (χ0v) is 11.6. The van der Waals surface area contributed by atoms with Crippen molar-refractivity contribution in [1.82, 2.24) is 0 Å². The van der Waals surface area contributed by atoms with Gasteiger partial charge in [0.05, 0.1) is 6.61 Å². The van der Waals surface area contributed by atoms with E-state index < -0.39 is 6.10 Å². The Kier molecular flexibility index (Phi) is 5.16. The van der Waals surface area contributed by atoms with E-state index in [0.717, 1.165) is 16.7 Å². The SMILES string of the molecule is Cc1cc(C)c(C(O)COCC(C)C)c(C)c1. The molecular weight excluding hydrogens is 212 g/mol. The quantitative estimate of drug-likeness (QED) is 0.850. The number of rotatable bonds is 5. The molecule has 0 radical (unpaired) electrons. The highest BCUT2D eigenvalue weighted by molar-refractivity contribution is 5.38. The third-order valence-corrected chi connectivity index (χ3v) is 2.80. The minimum atomic E-state index is -0.519. The molecule has 17 heavy (non-hydrogen) atoms. The van der Waals surface area contributed by atoms with Gasteiger partial charge < -0.3 is 9.84 Å². The number of aliphatic hydroxyl groups is 1. The van der Waals surface area contributed by atoms with Crippen molar-refractivity contribution in [3.8, 4) is 0 Å². The van der Waals surface area contributed by atoms with E-state index in [1.54, 1.807) is 0 Å². The Bertz CT molecular complexity index is 346. The van der Waals surface area contributed by atoms with Gasteiger partial charge in [0, 0.05) is 6.61 Å². The Labute approximate surface area is 105 Å². The summed E-state index contributed by atoms with van der Waals surface area (Å²) in [6.45, 7) is 11.4. The van der Waals surface area contributed by atoms with E-state index in [9.17, 15) is 5.11 Å². The topological polar surface area (TPSA) is 29.5 Å². The molecule has 0 aliphatic heterocycles. The van der Waals surface area contributed by atoms with Gasteiger partial charge in [-0.3, -0.25) is 0 Å². The number of aliphatic hydroxyl groups excluding tert-OH is 1. The van der Waals surface area contributed by atoms with Crippen molar-refractivity contribution < 1.29 is 9.84 Å². The van der Waals surface area contributed by atoms with Crippen molar-refractivity contribution in [2.45, 2.75) is 40.7 Å². The van der Waals surface area contributed by atoms with Gasteiger partial charge in [0.15, 0.2) is 0 Å². The first kappa shape index (κ1) is 14.2. The van der Waals surface area contributed by atoms with E-state index in [4.69, 9.17) is 4.74 Å². The number of hydrogen-bond donors (Lipinski definition) is 1. The van der Waals surface area contributed by atoms with E-state index in [0.29, 0.717) is 19.1 Å². The molecule has 0 aromatic heterocycles. The molecule has 0 fully saturated rings. The van der Waals surface area contributed by atoms with Crippen LogP contribution in [0, 0.1) is 26.7 Å². The van der Waals surface area contributed by atoms with Crippen LogP contribution >= 0.6 is 0 Å². The second kappa shape index (κ2) is 6.18. The summed E-state index contributed by atoms with van der Waals surface area (Å²) in [4.78, 5) is 0. The predicted octanol–water partition coefficient (Wildman–Crippen LogP) is 3.32. The van der Waals surface area contributed by atoms with Crippen molar-refractivity contribution in [2.75, 3.05) is 13.2 Å². The van der Waals surface area contributed by atoms with Crippen LogP contribution in [0.15, 0.2) is 12.1 Å². The monoisotopic (exact) mass is 236 g/mol. The van der Waals surface area contributed by atoms with Crippen molar-refractivity contribution in [1.29, 1.82) is 0 Å². The van der Waals surface area contributed by atoms with Crippen LogP contribution in [0.1, 0.15) is 42.2 Å². The van der Waals surface area contributed by atoms with E-state index in [-0.39, 0.29) is 0 Å². The fourth-order valence-corrected chi connectivity index (χ4v) is 2.22. The zero-order valence-electron chi connectivity index (χ0n) is 11.6. The van der Waals surface area contributed by atoms with Crippen LogP contribution < -0.4 is 0 Å². The van der Waals surface area contributed by atoms with Crippen LogP contribution in [-0.2, 0) is 4.74 Å². The number of benzene rings is 1. The lowest BCUT2D eigenvalue weighted by atomic mass is 9.96. The molecular formula is C15H24O2. The highest BCUT2D eigenvalue weighted by Gasteiger charge is 2.14. The minimum Gasteiger partial charge on any atom is -0.386 e. The van der Waals surface area contributed by atoms with Crippen LogP contribution in [0.3, 0.4) is 0 Å². The van der Waals surface area contributed by atoms with Crippen molar-refractivity contribution in [2.24, 2.45) is 5.92 Å². The van der Waals surface area contributed by atoms with E-state index >= 15 is 0 Å². The molecule has 1 rings (SSSR count). The summed E-state index contributed by atoms with van der Waals surface area (Å²) >= 11 is 0. The molecule has 0 aliphatic rings. The van der Waals surface area contributed by atoms with E-state index in [1.165, 1.54) is 5.56 Å². The molecule has 0 saturated carbocycles. The first-order chi connectivity index (χ1) is 7.91. The highest BCUT2D eigenvalue weighted by atomic mass is 16.5. The average Bonchev–Trinajstić information content (AvgIpc) is 2.14. The first-order valence-electron chi connectivity index (χ1n) is 6.25. The Morgan fingerprint density at radius 1 is 1.06 bits per heavy atom. The lowest BCUT2D eigenvalue weighted by molar-refractivity contribution is 0.0244. The molecule has 2 nitrogen and oxygen atoms in total. The summed E-state index contributed by atoms with van der Waals surface area (Å²) in [5.74, 6) is 0.502. The Hall–Kier alpha value is -0.860. The van der Waals surface area contributed by atoms with Gasteiger partial charge in [-0.25, -0.2) is 0 Å². The lowest BCUT2D eigenvalue weighted by Crippen LogP contribution is -2.13. The average molecular weight is 236 g/mol. The molecule has 0 saturated heterocycles. The maximum absolute atomic E-state index is 10.2. The van der Waals surface area contributed by atoms with Crippen molar-refractivity contribution in [3.63, 3.8) is 0 Å². The summed E-state index contributed by atoms with van der Waals surface area (Å²) in [5.41, 5.74) is 4.53. The van der Waals surface area contributed by atoms with Gasteiger partial charge in [0.1, 0.15) is 6.10 Å². The summed E-state index contributed by atoms with van der Waals surface area (Å²) in [7, 11) is 0. The Morgan fingerprint density at radius 3 is 2.06 bits per heavy atom. The second-order valence-corrected chi connectivity index (χ2v) is 5.26. The molecule has 1 N–H and O–H groups in total. The standard InChI is InChI=1S/C15H24O2/c1-10(2)8-17-9-14(16)15-12(4)6-11(3)7-13(15)5/h6-7,10,14,16H,8-9H2,1-5H3. The molecule has 1 aromatic rings. The molecule has 0 spiro atoms. The molecule has 1 aromatic carbocycles. The Balaban J connectivity index is 2.72. The molecule has 96 valence electrons. The van der Waals surface area contributed by atoms with Crippen LogP contribution in [-0.4, -0.2) is 18.3 Å². The number of ether oxygens (including phenoxy) is 1. The predicted molar refractivity (Wildman–Crippen MR) is 71.3 cm³/mol. The maximum Gasteiger partial charge on any atom is 0.103 e. The fourth-order valence-electron chi connectivity index (χ4n) is 2.22. The summed E-state index contributed by atoms with van der Waals surface area (Å²) in [6, 6.07) is 4.21. The maximum atomic E-state index is 10.2. The molecule has 1 unspecified atom stereocenters. The summed E-state index contributed by atoms with van der Waals surface area (Å²) < 4.78 is 5.50. The van der Waals surface area contributed by atoms with Crippen LogP contribution in [0.25, 0.3) is 0 Å². The van der Waals surface area contributed by atoms with Gasteiger partial charge in [0.2, 0.25) is 0 Å². The Morgan fingerprint density at radius 2 is 1.59 bits per heavy atom. The summed E-state index contributed by atoms with van der Waals surface area (Å²) in [5, 5.41) is 10.2. The zero-order chi connectivity index (χ0) is 13.0. The van der Waals surface area contributed by atoms with Gasteiger partial charge in [-0.15, -0.1) is 0 Å². The third kappa shape index (κ3) is 4.14. The molecule has 0 bridgehead atoms. The smallest absolute Gasteiger partial charge is 0.103 e. The number of aryl methyl sites for hydroxylation is 3. The fraction of sp³-hybridized carbons (Fsp3) is 0.600. The normalized spacial score (nSPS) is 13.1. The summed E-state index contributed by atoms with van der Waals surface area (Å²) in [6.07, 6.45) is -0.519. The van der Waals surface area contributed by atoms with E-state index in [1.807, 2.05) is 13.8 Å². The van der Waals surface area contributed by atoms with Crippen LogP contribution in [0.5, 0.6) is 0 Å². The van der Waals surface area contributed by atoms with Crippen LogP contribution in [0.4, 0.5) is 0 Å². The van der Waals surface area contributed by atoms with Gasteiger partial charge in [-0.05, 0) is 43.4 Å². The van der Waals surface area contributed by atoms with Crippen molar-refractivity contribution >= 4 is 0 Å². The largest absolute Gasteiger partial charge is 0.386 e. The molecule has 1 atom stereocenters. The van der Waals surface area contributed by atoms with Crippen LogP contribution in [0.2, 0.25) is 0 Å².